The fraction of sp³-hybridized carbons (Fsp3) is 1.00. The molecule has 96 valence electrons. The van der Waals surface area contributed by atoms with Gasteiger partial charge < -0.3 is 10.6 Å². The fourth-order valence-electron chi connectivity index (χ4n) is 2.25. The summed E-state index contributed by atoms with van der Waals surface area (Å²) in [4.78, 5) is 4.01. The lowest BCUT2D eigenvalue weighted by Crippen LogP contribution is -2.27. The molecule has 1 saturated heterocycles. The van der Waals surface area contributed by atoms with Gasteiger partial charge in [-0.3, -0.25) is 5.26 Å². The molecule has 0 aliphatic carbocycles. The van der Waals surface area contributed by atoms with Crippen LogP contribution in [0.1, 0.15) is 39.5 Å². The van der Waals surface area contributed by atoms with Crippen molar-refractivity contribution in [1.29, 1.82) is 0 Å². The molecule has 4 nitrogen and oxygen atoms in total. The van der Waals surface area contributed by atoms with E-state index >= 15 is 0 Å². The summed E-state index contributed by atoms with van der Waals surface area (Å²) >= 11 is 0. The highest BCUT2D eigenvalue weighted by molar-refractivity contribution is 4.87. The molecule has 1 aliphatic heterocycles. The minimum absolute atomic E-state index is 0.444. The first-order valence-electron chi connectivity index (χ1n) is 6.34. The maximum Gasteiger partial charge on any atom is 0.0820 e. The van der Waals surface area contributed by atoms with Gasteiger partial charge >= 0.3 is 0 Å². The molecular weight excluding hydrogens is 204 g/mol. The average Bonchev–Trinajstić information content (AvgIpc) is 2.57. The van der Waals surface area contributed by atoms with Crippen molar-refractivity contribution in [2.75, 3.05) is 26.2 Å². The molecule has 0 aromatic carbocycles. The predicted octanol–water partition coefficient (Wildman–Crippen LogP) is 1.62. The highest BCUT2D eigenvalue weighted by atomic mass is 17.1. The monoisotopic (exact) mass is 230 g/mol. The third-order valence-corrected chi connectivity index (χ3v) is 3.18. The van der Waals surface area contributed by atoms with Crippen LogP contribution >= 0.6 is 0 Å². The summed E-state index contributed by atoms with van der Waals surface area (Å²) in [5, 5.41) is 15.1. The number of rotatable bonds is 8. The van der Waals surface area contributed by atoms with E-state index in [4.69, 9.17) is 5.26 Å². The SMILES string of the molecule is CC1(C)CNC(CCNCCCCOO)C1. The van der Waals surface area contributed by atoms with E-state index in [-0.39, 0.29) is 0 Å². The molecule has 1 unspecified atom stereocenters. The van der Waals surface area contributed by atoms with Crippen LogP contribution in [0.2, 0.25) is 0 Å². The van der Waals surface area contributed by atoms with Crippen LogP contribution < -0.4 is 10.6 Å². The van der Waals surface area contributed by atoms with Crippen LogP contribution in [0.3, 0.4) is 0 Å². The average molecular weight is 230 g/mol. The Balaban J connectivity index is 1.88. The zero-order chi connectivity index (χ0) is 11.9. The fourth-order valence-corrected chi connectivity index (χ4v) is 2.25. The topological polar surface area (TPSA) is 53.5 Å². The van der Waals surface area contributed by atoms with E-state index in [0.717, 1.165) is 32.5 Å². The van der Waals surface area contributed by atoms with Gasteiger partial charge in [-0.05, 0) is 44.2 Å². The standard InChI is InChI=1S/C12H26N2O2/c1-12(2)9-11(14-10-12)5-7-13-6-3-4-8-16-15/h11,13-15H,3-10H2,1-2H3. The van der Waals surface area contributed by atoms with Gasteiger partial charge in [0.15, 0.2) is 0 Å². The second-order valence-electron chi connectivity index (χ2n) is 5.53. The van der Waals surface area contributed by atoms with E-state index < -0.39 is 0 Å². The molecule has 16 heavy (non-hydrogen) atoms. The molecule has 0 aromatic rings. The molecule has 1 rings (SSSR count). The number of nitrogens with one attached hydrogen (secondary N) is 2. The first-order chi connectivity index (χ1) is 7.64. The van der Waals surface area contributed by atoms with Crippen LogP contribution in [-0.2, 0) is 4.89 Å². The maximum atomic E-state index is 8.13. The largest absolute Gasteiger partial charge is 0.317 e. The summed E-state index contributed by atoms with van der Waals surface area (Å²) in [6, 6.07) is 0.684. The van der Waals surface area contributed by atoms with Crippen LogP contribution in [0.4, 0.5) is 0 Å². The molecule has 1 atom stereocenters. The first kappa shape index (κ1) is 13.9. The minimum Gasteiger partial charge on any atom is -0.317 e. The zero-order valence-corrected chi connectivity index (χ0v) is 10.6. The summed E-state index contributed by atoms with van der Waals surface area (Å²) in [6.45, 7) is 8.32. The molecule has 3 N–H and O–H groups in total. The Labute approximate surface area is 98.7 Å². The van der Waals surface area contributed by atoms with E-state index in [1.807, 2.05) is 0 Å². The summed E-state index contributed by atoms with van der Waals surface area (Å²) in [5.74, 6) is 0. The van der Waals surface area contributed by atoms with Crippen LogP contribution in [0.15, 0.2) is 0 Å². The zero-order valence-electron chi connectivity index (χ0n) is 10.6. The van der Waals surface area contributed by atoms with Crippen LogP contribution in [0, 0.1) is 5.41 Å². The smallest absolute Gasteiger partial charge is 0.0820 e. The van der Waals surface area contributed by atoms with Gasteiger partial charge in [-0.1, -0.05) is 13.8 Å². The van der Waals surface area contributed by atoms with Crippen LogP contribution in [-0.4, -0.2) is 37.5 Å². The van der Waals surface area contributed by atoms with Crippen molar-refractivity contribution in [2.45, 2.75) is 45.6 Å². The van der Waals surface area contributed by atoms with Crippen molar-refractivity contribution in [3.05, 3.63) is 0 Å². The van der Waals surface area contributed by atoms with Crippen molar-refractivity contribution in [3.63, 3.8) is 0 Å². The van der Waals surface area contributed by atoms with Gasteiger partial charge in [0.1, 0.15) is 0 Å². The second kappa shape index (κ2) is 7.22. The van der Waals surface area contributed by atoms with Gasteiger partial charge in [0.2, 0.25) is 0 Å². The quantitative estimate of drug-likeness (QED) is 0.337. The molecule has 1 aliphatic rings. The normalized spacial score (nSPS) is 23.8. The lowest BCUT2D eigenvalue weighted by Gasteiger charge is -2.15. The highest BCUT2D eigenvalue weighted by Crippen LogP contribution is 2.27. The van der Waals surface area contributed by atoms with Gasteiger partial charge in [-0.2, -0.15) is 0 Å². The van der Waals surface area contributed by atoms with E-state index in [9.17, 15) is 0 Å². The molecule has 0 saturated carbocycles. The number of unbranched alkanes of at least 4 members (excludes halogenated alkanes) is 1. The summed E-state index contributed by atoms with van der Waals surface area (Å²) in [7, 11) is 0. The van der Waals surface area contributed by atoms with Crippen molar-refractivity contribution in [1.82, 2.24) is 10.6 Å². The van der Waals surface area contributed by atoms with Gasteiger partial charge in [0.05, 0.1) is 6.61 Å². The summed E-state index contributed by atoms with van der Waals surface area (Å²) in [5.41, 5.74) is 0.475. The van der Waals surface area contributed by atoms with Gasteiger partial charge in [0, 0.05) is 12.6 Å². The lowest BCUT2D eigenvalue weighted by molar-refractivity contribution is -0.242. The highest BCUT2D eigenvalue weighted by Gasteiger charge is 2.29. The van der Waals surface area contributed by atoms with Crippen molar-refractivity contribution in [2.24, 2.45) is 5.41 Å². The van der Waals surface area contributed by atoms with Crippen LogP contribution in [0.5, 0.6) is 0 Å². The first-order valence-corrected chi connectivity index (χ1v) is 6.34. The molecule has 1 heterocycles. The molecule has 1 fully saturated rings. The van der Waals surface area contributed by atoms with Crippen LogP contribution in [0.25, 0.3) is 0 Å². The number of hydrogen-bond acceptors (Lipinski definition) is 4. The molecule has 0 aromatic heterocycles. The Hall–Kier alpha value is -0.160. The van der Waals surface area contributed by atoms with E-state index in [1.54, 1.807) is 0 Å². The lowest BCUT2D eigenvalue weighted by atomic mass is 9.90. The van der Waals surface area contributed by atoms with Gasteiger partial charge in [-0.25, -0.2) is 4.89 Å². The third kappa shape index (κ3) is 5.80. The molecule has 0 spiro atoms. The Morgan fingerprint density at radius 3 is 2.81 bits per heavy atom. The maximum absolute atomic E-state index is 8.13. The van der Waals surface area contributed by atoms with Crippen molar-refractivity contribution >= 4 is 0 Å². The second-order valence-corrected chi connectivity index (χ2v) is 5.53. The summed E-state index contributed by atoms with van der Waals surface area (Å²) in [6.07, 6.45) is 4.47. The Kier molecular flexibility index (Phi) is 6.28. The number of hydrogen-bond donors (Lipinski definition) is 3. The Morgan fingerprint density at radius 2 is 2.19 bits per heavy atom. The molecule has 0 amide bonds. The molecule has 0 bridgehead atoms. The predicted molar refractivity (Wildman–Crippen MR) is 65.5 cm³/mol. The third-order valence-electron chi connectivity index (χ3n) is 3.18. The van der Waals surface area contributed by atoms with E-state index in [0.29, 0.717) is 18.1 Å². The molecular formula is C12H26N2O2. The molecule has 0 radical (unpaired) electrons. The van der Waals surface area contributed by atoms with Gasteiger partial charge in [-0.15, -0.1) is 0 Å². The molecule has 4 heteroatoms. The van der Waals surface area contributed by atoms with Gasteiger partial charge in [0.25, 0.3) is 0 Å². The van der Waals surface area contributed by atoms with E-state index in [2.05, 4.69) is 29.4 Å². The minimum atomic E-state index is 0.444. The van der Waals surface area contributed by atoms with E-state index in [1.165, 1.54) is 12.8 Å². The van der Waals surface area contributed by atoms with Crippen molar-refractivity contribution < 1.29 is 10.1 Å². The summed E-state index contributed by atoms with van der Waals surface area (Å²) < 4.78 is 0. The Morgan fingerprint density at radius 1 is 1.38 bits per heavy atom. The van der Waals surface area contributed by atoms with Crippen molar-refractivity contribution in [3.8, 4) is 0 Å². The Bertz CT molecular complexity index is 186.